The number of aliphatic hydroxyl groups excluding tert-OH is 1. The molecule has 0 fully saturated rings. The molecule has 1 aromatic rings. The van der Waals surface area contributed by atoms with Gasteiger partial charge in [-0.05, 0) is 49.8 Å². The fraction of sp³-hybridized carbons (Fsp3) is 0.682. The molecule has 0 amide bonds. The quantitative estimate of drug-likeness (QED) is 0.272. The first-order valence-corrected chi connectivity index (χ1v) is 11.3. The number of carbonyl (C=O) groups excluding carboxylic acids is 1. The second-order valence-corrected chi connectivity index (χ2v) is 7.77. The molecule has 0 bridgehead atoms. The zero-order chi connectivity index (χ0) is 19.9. The van der Waals surface area contributed by atoms with Gasteiger partial charge in [-0.15, -0.1) is 0 Å². The Morgan fingerprint density at radius 2 is 1.96 bits per heavy atom. The molecule has 4 nitrogen and oxygen atoms in total. The number of rotatable bonds is 16. The van der Waals surface area contributed by atoms with Crippen LogP contribution in [-0.2, 0) is 11.2 Å². The first kappa shape index (κ1) is 24.0. The van der Waals surface area contributed by atoms with Crippen LogP contribution in [-0.4, -0.2) is 36.0 Å². The van der Waals surface area contributed by atoms with Crippen molar-refractivity contribution in [2.24, 2.45) is 0 Å². The highest BCUT2D eigenvalue weighted by molar-refractivity contribution is 9.09. The average Bonchev–Trinajstić information content (AvgIpc) is 2.66. The second kappa shape index (κ2) is 14.9. The molecule has 1 aromatic carbocycles. The minimum absolute atomic E-state index is 0.116. The highest BCUT2D eigenvalue weighted by Crippen LogP contribution is 2.29. The van der Waals surface area contributed by atoms with Crippen molar-refractivity contribution in [1.82, 2.24) is 0 Å². The topological polar surface area (TPSA) is 55.8 Å². The molecule has 154 valence electrons. The number of ketones is 1. The lowest BCUT2D eigenvalue weighted by molar-refractivity contribution is -0.121. The molecule has 0 aromatic heterocycles. The zero-order valence-electron chi connectivity index (χ0n) is 16.8. The van der Waals surface area contributed by atoms with Gasteiger partial charge in [0.15, 0.2) is 11.5 Å². The smallest absolute Gasteiger partial charge is 0.161 e. The molecule has 5 heteroatoms. The first-order valence-electron chi connectivity index (χ1n) is 10.2. The van der Waals surface area contributed by atoms with Crippen LogP contribution < -0.4 is 9.47 Å². The molecule has 27 heavy (non-hydrogen) atoms. The van der Waals surface area contributed by atoms with E-state index >= 15 is 0 Å². The van der Waals surface area contributed by atoms with Gasteiger partial charge >= 0.3 is 0 Å². The van der Waals surface area contributed by atoms with E-state index in [1.54, 1.807) is 7.11 Å². The Labute approximate surface area is 172 Å². The summed E-state index contributed by atoms with van der Waals surface area (Å²) in [6, 6.07) is 5.85. The number of hydrogen-bond donors (Lipinski definition) is 1. The number of benzene rings is 1. The third-order valence-electron chi connectivity index (χ3n) is 4.56. The highest BCUT2D eigenvalue weighted by atomic mass is 79.9. The second-order valence-electron chi connectivity index (χ2n) is 6.98. The first-order chi connectivity index (χ1) is 13.1. The Balaban J connectivity index is 2.41. The van der Waals surface area contributed by atoms with Gasteiger partial charge in [-0.1, -0.05) is 48.2 Å². The molecular weight excluding hydrogens is 408 g/mol. The van der Waals surface area contributed by atoms with Gasteiger partial charge in [0.25, 0.3) is 0 Å². The predicted molar refractivity (Wildman–Crippen MR) is 114 cm³/mol. The summed E-state index contributed by atoms with van der Waals surface area (Å²) in [5.41, 5.74) is 1.05. The number of alkyl halides is 1. The van der Waals surface area contributed by atoms with Crippen LogP contribution in [0.15, 0.2) is 18.2 Å². The summed E-state index contributed by atoms with van der Waals surface area (Å²) < 4.78 is 11.2. The summed E-state index contributed by atoms with van der Waals surface area (Å²) in [7, 11) is 1.63. The summed E-state index contributed by atoms with van der Waals surface area (Å²) >= 11 is 3.43. The van der Waals surface area contributed by atoms with Crippen molar-refractivity contribution in [2.75, 3.05) is 19.0 Å². The lowest BCUT2D eigenvalue weighted by Gasteiger charge is -2.13. The standard InChI is InChI=1S/C22H35BrO4/c1-3-4-6-9-19(24)17-20(25)12-10-18-11-13-21(22(16-18)26-2)27-15-8-5-7-14-23/h11,13,16,19,24H,3-10,12,14-15,17H2,1-2H3. The number of halogens is 1. The number of ether oxygens (including phenoxy) is 2. The van der Waals surface area contributed by atoms with E-state index in [4.69, 9.17) is 9.47 Å². The molecule has 0 radical (unpaired) electrons. The number of carbonyl (C=O) groups is 1. The van der Waals surface area contributed by atoms with Gasteiger partial charge in [0.2, 0.25) is 0 Å². The SMILES string of the molecule is CCCCCC(O)CC(=O)CCc1ccc(OCCCCCBr)c(OC)c1. The lowest BCUT2D eigenvalue weighted by Crippen LogP contribution is -2.13. The molecule has 0 saturated heterocycles. The molecular formula is C22H35BrO4. The van der Waals surface area contributed by atoms with E-state index in [9.17, 15) is 9.90 Å². The van der Waals surface area contributed by atoms with Crippen LogP contribution in [0.4, 0.5) is 0 Å². The number of unbranched alkanes of at least 4 members (excludes halogenated alkanes) is 4. The maximum atomic E-state index is 12.1. The molecule has 0 spiro atoms. The van der Waals surface area contributed by atoms with Gasteiger partial charge in [0.05, 0.1) is 19.8 Å². The van der Waals surface area contributed by atoms with Crippen molar-refractivity contribution in [3.63, 3.8) is 0 Å². The monoisotopic (exact) mass is 442 g/mol. The van der Waals surface area contributed by atoms with Crippen molar-refractivity contribution in [2.45, 2.75) is 77.2 Å². The molecule has 0 aliphatic heterocycles. The van der Waals surface area contributed by atoms with Gasteiger partial charge < -0.3 is 14.6 Å². The van der Waals surface area contributed by atoms with Crippen LogP contribution in [0.25, 0.3) is 0 Å². The summed E-state index contributed by atoms with van der Waals surface area (Å²) in [6.45, 7) is 2.81. The Kier molecular flexibility index (Phi) is 13.2. The van der Waals surface area contributed by atoms with E-state index in [-0.39, 0.29) is 12.2 Å². The van der Waals surface area contributed by atoms with Crippen LogP contribution in [0.5, 0.6) is 11.5 Å². The molecule has 1 atom stereocenters. The number of Topliss-reactive ketones (excluding diaryl/α,β-unsaturated/α-hetero) is 1. The average molecular weight is 443 g/mol. The number of aliphatic hydroxyl groups is 1. The summed E-state index contributed by atoms with van der Waals surface area (Å²) in [5.74, 6) is 1.57. The molecule has 1 rings (SSSR count). The Morgan fingerprint density at radius 1 is 1.15 bits per heavy atom. The van der Waals surface area contributed by atoms with Crippen LogP contribution >= 0.6 is 15.9 Å². The largest absolute Gasteiger partial charge is 0.493 e. The molecule has 0 aliphatic carbocycles. The number of methoxy groups -OCH3 is 1. The maximum absolute atomic E-state index is 12.1. The van der Waals surface area contributed by atoms with E-state index in [2.05, 4.69) is 22.9 Å². The summed E-state index contributed by atoms with van der Waals surface area (Å²) in [6.07, 6.45) is 8.10. The van der Waals surface area contributed by atoms with E-state index in [1.165, 1.54) is 0 Å². The van der Waals surface area contributed by atoms with E-state index in [0.29, 0.717) is 25.2 Å². The third kappa shape index (κ3) is 10.7. The highest BCUT2D eigenvalue weighted by Gasteiger charge is 2.12. The fourth-order valence-electron chi connectivity index (χ4n) is 2.92. The molecule has 0 aliphatic rings. The molecule has 0 heterocycles. The van der Waals surface area contributed by atoms with E-state index < -0.39 is 6.10 Å². The minimum Gasteiger partial charge on any atom is -0.493 e. The Bertz CT molecular complexity index is 533. The number of aryl methyl sites for hydroxylation is 1. The molecule has 1 N–H and O–H groups in total. The van der Waals surface area contributed by atoms with Crippen LogP contribution in [0, 0.1) is 0 Å². The van der Waals surface area contributed by atoms with Crippen molar-refractivity contribution in [3.8, 4) is 11.5 Å². The van der Waals surface area contributed by atoms with Crippen molar-refractivity contribution in [3.05, 3.63) is 23.8 Å². The lowest BCUT2D eigenvalue weighted by atomic mass is 10.0. The Morgan fingerprint density at radius 3 is 2.67 bits per heavy atom. The van der Waals surface area contributed by atoms with Crippen LogP contribution in [0.3, 0.4) is 0 Å². The maximum Gasteiger partial charge on any atom is 0.161 e. The Hall–Kier alpha value is -1.07. The fourth-order valence-corrected chi connectivity index (χ4v) is 3.32. The molecule has 1 unspecified atom stereocenters. The third-order valence-corrected chi connectivity index (χ3v) is 5.12. The minimum atomic E-state index is -0.501. The van der Waals surface area contributed by atoms with Crippen molar-refractivity contribution in [1.29, 1.82) is 0 Å². The van der Waals surface area contributed by atoms with Gasteiger partial charge in [-0.3, -0.25) is 4.79 Å². The molecule has 0 saturated carbocycles. The number of hydrogen-bond acceptors (Lipinski definition) is 4. The van der Waals surface area contributed by atoms with Crippen molar-refractivity contribution >= 4 is 21.7 Å². The summed E-state index contributed by atoms with van der Waals surface area (Å²) in [4.78, 5) is 12.1. The van der Waals surface area contributed by atoms with Crippen LogP contribution in [0.1, 0.15) is 70.3 Å². The normalized spacial score (nSPS) is 12.0. The van der Waals surface area contributed by atoms with Gasteiger partial charge in [-0.25, -0.2) is 0 Å². The van der Waals surface area contributed by atoms with Gasteiger partial charge in [0.1, 0.15) is 5.78 Å². The predicted octanol–water partition coefficient (Wildman–Crippen LogP) is 5.47. The van der Waals surface area contributed by atoms with Gasteiger partial charge in [0, 0.05) is 18.2 Å². The van der Waals surface area contributed by atoms with E-state index in [1.807, 2.05) is 18.2 Å². The summed E-state index contributed by atoms with van der Waals surface area (Å²) in [5, 5.41) is 11.0. The zero-order valence-corrected chi connectivity index (χ0v) is 18.4. The van der Waals surface area contributed by atoms with Crippen LogP contribution in [0.2, 0.25) is 0 Å². The van der Waals surface area contributed by atoms with Gasteiger partial charge in [-0.2, -0.15) is 0 Å². The van der Waals surface area contributed by atoms with Crippen molar-refractivity contribution < 1.29 is 19.4 Å². The van der Waals surface area contributed by atoms with E-state index in [0.717, 1.165) is 61.6 Å².